The van der Waals surface area contributed by atoms with E-state index < -0.39 is 11.7 Å². The van der Waals surface area contributed by atoms with Crippen molar-refractivity contribution in [1.29, 1.82) is 0 Å². The van der Waals surface area contributed by atoms with Crippen molar-refractivity contribution in [3.8, 4) is 0 Å². The Kier molecular flexibility index (Phi) is 5.11. The van der Waals surface area contributed by atoms with Gasteiger partial charge in [-0.3, -0.25) is 0 Å². The standard InChI is InChI=1S/C10H12F3N.ClH/c1-7(6-14)8-4-2-3-5-9(8)10(11,12)13;/h2-5,7H,6,14H2,1H3;1H. The second-order valence-electron chi connectivity index (χ2n) is 3.22. The molecular weight excluding hydrogens is 227 g/mol. The zero-order chi connectivity index (χ0) is 10.8. The van der Waals surface area contributed by atoms with Crippen molar-refractivity contribution in [2.45, 2.75) is 19.0 Å². The molecule has 0 radical (unpaired) electrons. The number of hydrogen-bond donors (Lipinski definition) is 1. The molecule has 0 amide bonds. The van der Waals surface area contributed by atoms with Gasteiger partial charge in [-0.05, 0) is 24.1 Å². The summed E-state index contributed by atoms with van der Waals surface area (Å²) in [6.45, 7) is 1.90. The SMILES string of the molecule is CC(CN)c1ccccc1C(F)(F)F.Cl. The minimum absolute atomic E-state index is 0. The number of nitrogens with two attached hydrogens (primary N) is 1. The Labute approximate surface area is 92.9 Å². The van der Waals surface area contributed by atoms with E-state index in [0.717, 1.165) is 6.07 Å². The first-order chi connectivity index (χ1) is 6.46. The van der Waals surface area contributed by atoms with Crippen LogP contribution < -0.4 is 5.73 Å². The van der Waals surface area contributed by atoms with Crippen LogP contribution in [-0.4, -0.2) is 6.54 Å². The summed E-state index contributed by atoms with van der Waals surface area (Å²) in [4.78, 5) is 0. The predicted molar refractivity (Wildman–Crippen MR) is 56.2 cm³/mol. The van der Waals surface area contributed by atoms with Gasteiger partial charge >= 0.3 is 6.18 Å². The minimum atomic E-state index is -4.29. The third-order valence-electron chi connectivity index (χ3n) is 2.15. The average molecular weight is 240 g/mol. The second kappa shape index (κ2) is 5.37. The Morgan fingerprint density at radius 1 is 1.27 bits per heavy atom. The maximum Gasteiger partial charge on any atom is 0.416 e. The number of hydrogen-bond acceptors (Lipinski definition) is 1. The van der Waals surface area contributed by atoms with Gasteiger partial charge in [0.15, 0.2) is 0 Å². The Balaban J connectivity index is 0.00000196. The first-order valence-corrected chi connectivity index (χ1v) is 4.33. The molecule has 0 aliphatic rings. The van der Waals surface area contributed by atoms with Gasteiger partial charge in [-0.1, -0.05) is 25.1 Å². The Hall–Kier alpha value is -0.740. The van der Waals surface area contributed by atoms with Gasteiger partial charge < -0.3 is 5.73 Å². The van der Waals surface area contributed by atoms with Crippen LogP contribution in [-0.2, 0) is 6.18 Å². The molecule has 0 fully saturated rings. The fraction of sp³-hybridized carbons (Fsp3) is 0.400. The predicted octanol–water partition coefficient (Wildman–Crippen LogP) is 3.19. The van der Waals surface area contributed by atoms with E-state index in [1.807, 2.05) is 0 Å². The van der Waals surface area contributed by atoms with Crippen molar-refractivity contribution in [3.63, 3.8) is 0 Å². The molecule has 0 aliphatic carbocycles. The third-order valence-corrected chi connectivity index (χ3v) is 2.15. The van der Waals surface area contributed by atoms with E-state index in [1.165, 1.54) is 12.1 Å². The van der Waals surface area contributed by atoms with Crippen LogP contribution in [0.2, 0.25) is 0 Å². The molecule has 15 heavy (non-hydrogen) atoms. The van der Waals surface area contributed by atoms with Crippen molar-refractivity contribution in [2.75, 3.05) is 6.54 Å². The summed E-state index contributed by atoms with van der Waals surface area (Å²) in [6.07, 6.45) is -4.29. The molecule has 0 aromatic heterocycles. The molecule has 0 spiro atoms. The summed E-state index contributed by atoms with van der Waals surface area (Å²) in [5.74, 6) is -0.271. The molecular formula is C10H13ClF3N. The zero-order valence-electron chi connectivity index (χ0n) is 8.21. The quantitative estimate of drug-likeness (QED) is 0.843. The Morgan fingerprint density at radius 2 is 1.80 bits per heavy atom. The topological polar surface area (TPSA) is 26.0 Å². The van der Waals surface area contributed by atoms with Crippen LogP contribution in [0, 0.1) is 0 Å². The van der Waals surface area contributed by atoms with Gasteiger partial charge in [0.25, 0.3) is 0 Å². The summed E-state index contributed by atoms with van der Waals surface area (Å²) in [5, 5.41) is 0. The molecule has 86 valence electrons. The van der Waals surface area contributed by atoms with Gasteiger partial charge in [0, 0.05) is 0 Å². The largest absolute Gasteiger partial charge is 0.416 e. The fourth-order valence-electron chi connectivity index (χ4n) is 1.31. The highest BCUT2D eigenvalue weighted by Gasteiger charge is 2.33. The highest BCUT2D eigenvalue weighted by molar-refractivity contribution is 5.85. The van der Waals surface area contributed by atoms with Crippen LogP contribution in [0.5, 0.6) is 0 Å². The van der Waals surface area contributed by atoms with E-state index in [1.54, 1.807) is 13.0 Å². The van der Waals surface area contributed by atoms with E-state index in [4.69, 9.17) is 5.73 Å². The van der Waals surface area contributed by atoms with Crippen molar-refractivity contribution >= 4 is 12.4 Å². The molecule has 0 heterocycles. The van der Waals surface area contributed by atoms with Crippen molar-refractivity contribution in [1.82, 2.24) is 0 Å². The lowest BCUT2D eigenvalue weighted by molar-refractivity contribution is -0.138. The normalized spacial score (nSPS) is 13.1. The molecule has 1 nitrogen and oxygen atoms in total. The summed E-state index contributed by atoms with van der Waals surface area (Å²) in [5.41, 5.74) is 5.03. The van der Waals surface area contributed by atoms with Crippen LogP contribution in [0.15, 0.2) is 24.3 Å². The third kappa shape index (κ3) is 3.39. The zero-order valence-corrected chi connectivity index (χ0v) is 9.03. The smallest absolute Gasteiger partial charge is 0.330 e. The number of rotatable bonds is 2. The molecule has 0 aliphatic heterocycles. The van der Waals surface area contributed by atoms with E-state index in [0.29, 0.717) is 0 Å². The number of alkyl halides is 3. The van der Waals surface area contributed by atoms with Gasteiger partial charge in [-0.2, -0.15) is 13.2 Å². The summed E-state index contributed by atoms with van der Waals surface area (Å²) in [7, 11) is 0. The first kappa shape index (κ1) is 14.3. The Bertz CT molecular complexity index is 312. The van der Waals surface area contributed by atoms with Gasteiger partial charge in [0.1, 0.15) is 0 Å². The molecule has 1 rings (SSSR count). The fourth-order valence-corrected chi connectivity index (χ4v) is 1.31. The van der Waals surface area contributed by atoms with Crippen LogP contribution in [0.25, 0.3) is 0 Å². The van der Waals surface area contributed by atoms with Crippen LogP contribution in [0.4, 0.5) is 13.2 Å². The maximum absolute atomic E-state index is 12.5. The molecule has 2 N–H and O–H groups in total. The van der Waals surface area contributed by atoms with E-state index >= 15 is 0 Å². The van der Waals surface area contributed by atoms with Gasteiger partial charge in [0.2, 0.25) is 0 Å². The van der Waals surface area contributed by atoms with E-state index in [-0.39, 0.29) is 30.4 Å². The number of halogens is 4. The lowest BCUT2D eigenvalue weighted by atomic mass is 9.95. The molecule has 1 unspecified atom stereocenters. The molecule has 0 saturated heterocycles. The van der Waals surface area contributed by atoms with Crippen LogP contribution >= 0.6 is 12.4 Å². The number of benzene rings is 1. The van der Waals surface area contributed by atoms with Gasteiger partial charge in [0.05, 0.1) is 5.56 Å². The summed E-state index contributed by atoms with van der Waals surface area (Å²) in [6, 6.07) is 5.54. The van der Waals surface area contributed by atoms with Crippen LogP contribution in [0.1, 0.15) is 24.0 Å². The molecule has 1 atom stereocenters. The summed E-state index contributed by atoms with van der Waals surface area (Å²) >= 11 is 0. The molecule has 5 heteroatoms. The van der Waals surface area contributed by atoms with E-state index in [9.17, 15) is 13.2 Å². The Morgan fingerprint density at radius 3 is 2.27 bits per heavy atom. The monoisotopic (exact) mass is 239 g/mol. The maximum atomic E-state index is 12.5. The second-order valence-corrected chi connectivity index (χ2v) is 3.22. The van der Waals surface area contributed by atoms with Gasteiger partial charge in [-0.15, -0.1) is 12.4 Å². The van der Waals surface area contributed by atoms with E-state index in [2.05, 4.69) is 0 Å². The molecule has 1 aromatic rings. The van der Waals surface area contributed by atoms with Crippen molar-refractivity contribution in [3.05, 3.63) is 35.4 Å². The first-order valence-electron chi connectivity index (χ1n) is 4.33. The average Bonchev–Trinajstić information content (AvgIpc) is 2.15. The molecule has 0 bridgehead atoms. The summed E-state index contributed by atoms with van der Waals surface area (Å²) < 4.78 is 37.5. The lowest BCUT2D eigenvalue weighted by Gasteiger charge is -2.16. The van der Waals surface area contributed by atoms with Gasteiger partial charge in [-0.25, -0.2) is 0 Å². The molecule has 1 aromatic carbocycles. The molecule has 0 saturated carbocycles. The highest BCUT2D eigenvalue weighted by atomic mass is 35.5. The minimum Gasteiger partial charge on any atom is -0.330 e. The highest BCUT2D eigenvalue weighted by Crippen LogP contribution is 2.34. The van der Waals surface area contributed by atoms with Crippen LogP contribution in [0.3, 0.4) is 0 Å². The lowest BCUT2D eigenvalue weighted by Crippen LogP contribution is -2.15. The van der Waals surface area contributed by atoms with Crippen molar-refractivity contribution in [2.24, 2.45) is 5.73 Å². The van der Waals surface area contributed by atoms with Crippen molar-refractivity contribution < 1.29 is 13.2 Å².